The Kier molecular flexibility index (Phi) is 8.04. The fraction of sp³-hybridized carbons (Fsp3) is 0.938. The minimum Gasteiger partial charge on any atom is -0.394 e. The fourth-order valence-electron chi connectivity index (χ4n) is 3.05. The third kappa shape index (κ3) is 7.14. The number of piperidine rings is 1. The molecule has 0 saturated carbocycles. The van der Waals surface area contributed by atoms with Gasteiger partial charge in [0, 0.05) is 13.1 Å². The van der Waals surface area contributed by atoms with Crippen molar-refractivity contribution >= 4 is 6.03 Å². The van der Waals surface area contributed by atoms with E-state index in [0.717, 1.165) is 31.7 Å². The number of amides is 2. The van der Waals surface area contributed by atoms with Crippen LogP contribution in [0.4, 0.5) is 4.79 Å². The molecule has 0 spiro atoms. The van der Waals surface area contributed by atoms with Crippen molar-refractivity contribution in [3.05, 3.63) is 0 Å². The second-order valence-corrected chi connectivity index (χ2v) is 6.75. The number of aliphatic hydroxyl groups excluding tert-OH is 1. The van der Waals surface area contributed by atoms with Gasteiger partial charge in [0.05, 0.1) is 12.1 Å². The molecule has 2 unspecified atom stereocenters. The topological polar surface area (TPSA) is 64.6 Å². The highest BCUT2D eigenvalue weighted by Crippen LogP contribution is 2.15. The van der Waals surface area contributed by atoms with Crippen molar-refractivity contribution in [1.82, 2.24) is 15.5 Å². The van der Waals surface area contributed by atoms with Gasteiger partial charge >= 0.3 is 6.03 Å². The van der Waals surface area contributed by atoms with E-state index in [9.17, 15) is 9.90 Å². The largest absolute Gasteiger partial charge is 0.394 e. The molecule has 0 radical (unpaired) electrons. The van der Waals surface area contributed by atoms with Crippen LogP contribution >= 0.6 is 0 Å². The molecular weight excluding hydrogens is 266 g/mol. The number of aliphatic hydroxyl groups is 1. The van der Waals surface area contributed by atoms with Gasteiger partial charge in [-0.25, -0.2) is 4.79 Å². The Morgan fingerprint density at radius 1 is 1.48 bits per heavy atom. The van der Waals surface area contributed by atoms with E-state index in [-0.39, 0.29) is 12.6 Å². The van der Waals surface area contributed by atoms with E-state index in [0.29, 0.717) is 6.54 Å². The van der Waals surface area contributed by atoms with Crippen molar-refractivity contribution in [2.24, 2.45) is 5.92 Å². The van der Waals surface area contributed by atoms with E-state index in [1.54, 1.807) is 0 Å². The molecule has 124 valence electrons. The Morgan fingerprint density at radius 2 is 2.24 bits per heavy atom. The molecule has 5 nitrogen and oxygen atoms in total. The summed E-state index contributed by atoms with van der Waals surface area (Å²) in [5, 5.41) is 15.2. The average Bonchev–Trinajstić information content (AvgIpc) is 2.44. The molecule has 1 fully saturated rings. The minimum atomic E-state index is -0.513. The maximum absolute atomic E-state index is 11.8. The van der Waals surface area contributed by atoms with Gasteiger partial charge in [-0.1, -0.05) is 20.3 Å². The summed E-state index contributed by atoms with van der Waals surface area (Å²) in [7, 11) is 0. The van der Waals surface area contributed by atoms with Crippen molar-refractivity contribution in [1.29, 1.82) is 0 Å². The Bertz CT molecular complexity index is 312. The van der Waals surface area contributed by atoms with Crippen LogP contribution in [0.15, 0.2) is 0 Å². The molecule has 5 heteroatoms. The first-order chi connectivity index (χ1) is 9.99. The number of hydrogen-bond donors (Lipinski definition) is 3. The Hall–Kier alpha value is -0.810. The highest BCUT2D eigenvalue weighted by atomic mass is 16.3. The van der Waals surface area contributed by atoms with Gasteiger partial charge in [-0.3, -0.25) is 0 Å². The molecule has 1 saturated heterocycles. The van der Waals surface area contributed by atoms with E-state index in [1.165, 1.54) is 25.9 Å². The summed E-state index contributed by atoms with van der Waals surface area (Å²) in [6.07, 6.45) is 5.33. The minimum absolute atomic E-state index is 0.0279. The van der Waals surface area contributed by atoms with E-state index in [1.807, 2.05) is 13.8 Å². The Labute approximate surface area is 129 Å². The first kappa shape index (κ1) is 18.2. The van der Waals surface area contributed by atoms with Crippen LogP contribution in [0.1, 0.15) is 52.9 Å². The van der Waals surface area contributed by atoms with Crippen molar-refractivity contribution < 1.29 is 9.90 Å². The first-order valence-electron chi connectivity index (χ1n) is 8.38. The standard InChI is InChI=1S/C16H33N3O2/c1-4-8-16(3,13-20)18-15(21)17-9-6-11-19-10-5-7-14(2)12-19/h14,20H,4-13H2,1-3H3,(H2,17,18,21). The zero-order chi connectivity index (χ0) is 15.7. The highest BCUT2D eigenvalue weighted by molar-refractivity contribution is 5.74. The molecule has 21 heavy (non-hydrogen) atoms. The summed E-state index contributed by atoms with van der Waals surface area (Å²) in [6, 6.07) is -0.174. The van der Waals surface area contributed by atoms with Crippen LogP contribution in [-0.4, -0.2) is 54.4 Å². The maximum Gasteiger partial charge on any atom is 0.315 e. The molecule has 0 aromatic carbocycles. The molecule has 1 aliphatic rings. The molecule has 1 heterocycles. The summed E-state index contributed by atoms with van der Waals surface area (Å²) in [5.74, 6) is 0.800. The molecular formula is C16H33N3O2. The van der Waals surface area contributed by atoms with Crippen LogP contribution in [-0.2, 0) is 0 Å². The number of likely N-dealkylation sites (tertiary alicyclic amines) is 1. The van der Waals surface area contributed by atoms with Crippen LogP contribution in [0.2, 0.25) is 0 Å². The highest BCUT2D eigenvalue weighted by Gasteiger charge is 2.24. The lowest BCUT2D eigenvalue weighted by molar-refractivity contribution is 0.162. The Morgan fingerprint density at radius 3 is 2.86 bits per heavy atom. The van der Waals surface area contributed by atoms with Crippen LogP contribution in [0.25, 0.3) is 0 Å². The molecule has 0 aromatic heterocycles. The van der Waals surface area contributed by atoms with Crippen molar-refractivity contribution in [2.75, 3.05) is 32.8 Å². The van der Waals surface area contributed by atoms with Crippen molar-refractivity contribution in [3.63, 3.8) is 0 Å². The van der Waals surface area contributed by atoms with Gasteiger partial charge in [0.1, 0.15) is 0 Å². The quantitative estimate of drug-likeness (QED) is 0.600. The van der Waals surface area contributed by atoms with E-state index in [4.69, 9.17) is 0 Å². The summed E-state index contributed by atoms with van der Waals surface area (Å²) >= 11 is 0. The second-order valence-electron chi connectivity index (χ2n) is 6.75. The molecule has 1 rings (SSSR count). The zero-order valence-corrected chi connectivity index (χ0v) is 14.0. The molecule has 0 aromatic rings. The van der Waals surface area contributed by atoms with Gasteiger partial charge in [-0.2, -0.15) is 0 Å². The third-order valence-corrected chi connectivity index (χ3v) is 4.24. The number of carbonyl (C=O) groups excluding carboxylic acids is 1. The SMILES string of the molecule is CCCC(C)(CO)NC(=O)NCCCN1CCCC(C)C1. The molecule has 2 atom stereocenters. The lowest BCUT2D eigenvalue weighted by Crippen LogP contribution is -2.52. The van der Waals surface area contributed by atoms with Crippen LogP contribution in [0, 0.1) is 5.92 Å². The van der Waals surface area contributed by atoms with Gasteiger partial charge in [-0.05, 0) is 51.6 Å². The third-order valence-electron chi connectivity index (χ3n) is 4.24. The molecule has 2 amide bonds. The van der Waals surface area contributed by atoms with Crippen molar-refractivity contribution in [3.8, 4) is 0 Å². The van der Waals surface area contributed by atoms with E-state index >= 15 is 0 Å². The monoisotopic (exact) mass is 299 g/mol. The summed E-state index contributed by atoms with van der Waals surface area (Å²) in [5.41, 5.74) is -0.513. The molecule has 3 N–H and O–H groups in total. The first-order valence-corrected chi connectivity index (χ1v) is 8.38. The molecule has 1 aliphatic heterocycles. The van der Waals surface area contributed by atoms with Gasteiger partial charge in [0.25, 0.3) is 0 Å². The maximum atomic E-state index is 11.8. The lowest BCUT2D eigenvalue weighted by atomic mass is 9.98. The fourth-order valence-corrected chi connectivity index (χ4v) is 3.05. The van der Waals surface area contributed by atoms with E-state index < -0.39 is 5.54 Å². The summed E-state index contributed by atoms with van der Waals surface area (Å²) in [4.78, 5) is 14.3. The van der Waals surface area contributed by atoms with Crippen LogP contribution < -0.4 is 10.6 Å². The smallest absolute Gasteiger partial charge is 0.315 e. The van der Waals surface area contributed by atoms with Crippen LogP contribution in [0.5, 0.6) is 0 Å². The predicted molar refractivity (Wildman–Crippen MR) is 86.4 cm³/mol. The second kappa shape index (κ2) is 9.26. The van der Waals surface area contributed by atoms with Gasteiger partial charge in [0.15, 0.2) is 0 Å². The number of urea groups is 1. The predicted octanol–water partition coefficient (Wildman–Crippen LogP) is 1.96. The average molecular weight is 299 g/mol. The normalized spacial score (nSPS) is 22.6. The molecule has 0 bridgehead atoms. The zero-order valence-electron chi connectivity index (χ0n) is 14.0. The lowest BCUT2D eigenvalue weighted by Gasteiger charge is -2.31. The summed E-state index contributed by atoms with van der Waals surface area (Å²) < 4.78 is 0. The van der Waals surface area contributed by atoms with Gasteiger partial charge in [0.2, 0.25) is 0 Å². The Balaban J connectivity index is 2.15. The number of carbonyl (C=O) groups is 1. The number of hydrogen-bond acceptors (Lipinski definition) is 3. The van der Waals surface area contributed by atoms with Crippen molar-refractivity contribution in [2.45, 2.75) is 58.4 Å². The number of nitrogens with zero attached hydrogens (tertiary/aromatic N) is 1. The summed E-state index contributed by atoms with van der Waals surface area (Å²) in [6.45, 7) is 10.3. The molecule has 0 aliphatic carbocycles. The van der Waals surface area contributed by atoms with Crippen LogP contribution in [0.3, 0.4) is 0 Å². The van der Waals surface area contributed by atoms with E-state index in [2.05, 4.69) is 22.5 Å². The van der Waals surface area contributed by atoms with Gasteiger partial charge < -0.3 is 20.6 Å². The van der Waals surface area contributed by atoms with Gasteiger partial charge in [-0.15, -0.1) is 0 Å². The number of nitrogens with one attached hydrogen (secondary N) is 2. The number of rotatable bonds is 8.